The van der Waals surface area contributed by atoms with Gasteiger partial charge in [-0.25, -0.2) is 4.98 Å². The molecule has 126 valence electrons. The summed E-state index contributed by atoms with van der Waals surface area (Å²) in [5.74, 6) is 0.346. The van der Waals surface area contributed by atoms with Crippen LogP contribution >= 0.6 is 0 Å². The summed E-state index contributed by atoms with van der Waals surface area (Å²) in [4.78, 5) is 17.2. The molecule has 0 aliphatic heterocycles. The van der Waals surface area contributed by atoms with Crippen LogP contribution in [0, 0.1) is 0 Å². The maximum atomic E-state index is 13.3. The fourth-order valence-corrected chi connectivity index (χ4v) is 2.56. The fourth-order valence-electron chi connectivity index (χ4n) is 2.56. The molecule has 1 aromatic carbocycles. The summed E-state index contributed by atoms with van der Waals surface area (Å²) in [6, 6.07) is 3.61. The minimum absolute atomic E-state index is 0.0113. The van der Waals surface area contributed by atoms with Crippen molar-refractivity contribution in [2.24, 2.45) is 0 Å². The van der Waals surface area contributed by atoms with Crippen LogP contribution in [0.3, 0.4) is 0 Å². The zero-order valence-corrected chi connectivity index (χ0v) is 14.2. The Morgan fingerprint density at radius 1 is 1.00 bits per heavy atom. The van der Waals surface area contributed by atoms with Gasteiger partial charge in [-0.3, -0.25) is 9.36 Å². The fraction of sp³-hybridized carbons (Fsp3) is 0.529. The average Bonchev–Trinajstić information content (AvgIpc) is 2.34. The molecule has 1 heterocycles. The molecule has 0 N–H and O–H groups in total. The van der Waals surface area contributed by atoms with E-state index < -0.39 is 28.3 Å². The molecule has 0 amide bonds. The molecule has 6 heteroatoms. The zero-order valence-electron chi connectivity index (χ0n) is 14.2. The van der Waals surface area contributed by atoms with Gasteiger partial charge in [0.15, 0.2) is 0 Å². The maximum Gasteiger partial charge on any atom is 0.418 e. The van der Waals surface area contributed by atoms with E-state index in [1.807, 2.05) is 41.5 Å². The molecule has 0 atom stereocenters. The van der Waals surface area contributed by atoms with E-state index in [2.05, 4.69) is 4.98 Å². The van der Waals surface area contributed by atoms with E-state index in [-0.39, 0.29) is 10.9 Å². The highest BCUT2D eigenvalue weighted by molar-refractivity contribution is 5.81. The summed E-state index contributed by atoms with van der Waals surface area (Å²) in [5.41, 5.74) is -2.76. The number of nitrogens with zero attached hydrogens (tertiary/aromatic N) is 2. The number of benzene rings is 1. The molecule has 3 nitrogen and oxygen atoms in total. The second kappa shape index (κ2) is 5.08. The second-order valence-corrected chi connectivity index (χ2v) is 7.70. The van der Waals surface area contributed by atoms with E-state index in [9.17, 15) is 18.0 Å². The Balaban J connectivity index is 3.07. The van der Waals surface area contributed by atoms with Crippen LogP contribution in [0.1, 0.15) is 52.9 Å². The predicted molar refractivity (Wildman–Crippen MR) is 84.7 cm³/mol. The highest BCUT2D eigenvalue weighted by Gasteiger charge is 2.36. The normalized spacial score (nSPS) is 13.6. The lowest BCUT2D eigenvalue weighted by atomic mass is 9.92. The lowest BCUT2D eigenvalue weighted by Gasteiger charge is -2.31. The molecule has 1 aromatic heterocycles. The third-order valence-corrected chi connectivity index (χ3v) is 3.55. The van der Waals surface area contributed by atoms with E-state index in [1.54, 1.807) is 0 Å². The summed E-state index contributed by atoms with van der Waals surface area (Å²) in [6.07, 6.45) is -4.55. The van der Waals surface area contributed by atoms with Crippen molar-refractivity contribution >= 4 is 10.9 Å². The second-order valence-electron chi connectivity index (χ2n) is 7.70. The van der Waals surface area contributed by atoms with Gasteiger partial charge >= 0.3 is 6.18 Å². The first kappa shape index (κ1) is 17.5. The van der Waals surface area contributed by atoms with Crippen LogP contribution in [-0.2, 0) is 17.1 Å². The van der Waals surface area contributed by atoms with Crippen LogP contribution in [0.2, 0.25) is 0 Å². The Hall–Kier alpha value is -1.85. The van der Waals surface area contributed by atoms with Crippen LogP contribution in [-0.4, -0.2) is 9.55 Å². The predicted octanol–water partition coefficient (Wildman–Crippen LogP) is 4.47. The van der Waals surface area contributed by atoms with Crippen molar-refractivity contribution < 1.29 is 13.2 Å². The molecule has 0 unspecified atom stereocenters. The lowest BCUT2D eigenvalue weighted by molar-refractivity contribution is -0.136. The van der Waals surface area contributed by atoms with Gasteiger partial charge in [0.25, 0.3) is 5.56 Å². The van der Waals surface area contributed by atoms with Crippen LogP contribution < -0.4 is 5.56 Å². The SMILES string of the molecule is CC(C)(C)c1nc2c(C(F)(F)F)cccc2c(=O)n1C(C)(C)C. The molecule has 23 heavy (non-hydrogen) atoms. The van der Waals surface area contributed by atoms with Crippen molar-refractivity contribution in [3.8, 4) is 0 Å². The molecular weight excluding hydrogens is 305 g/mol. The molecule has 0 bridgehead atoms. The van der Waals surface area contributed by atoms with Crippen molar-refractivity contribution in [1.29, 1.82) is 0 Å². The first-order valence-corrected chi connectivity index (χ1v) is 7.38. The number of fused-ring (bicyclic) bond motifs is 1. The monoisotopic (exact) mass is 326 g/mol. The van der Waals surface area contributed by atoms with Gasteiger partial charge in [-0.05, 0) is 32.9 Å². The van der Waals surface area contributed by atoms with Gasteiger partial charge in [0.2, 0.25) is 0 Å². The van der Waals surface area contributed by atoms with Gasteiger partial charge in [0.05, 0.1) is 16.5 Å². The van der Waals surface area contributed by atoms with Gasteiger partial charge in [-0.1, -0.05) is 26.8 Å². The number of alkyl halides is 3. The minimum Gasteiger partial charge on any atom is -0.290 e. The summed E-state index contributed by atoms with van der Waals surface area (Å²) in [6.45, 7) is 11.0. The van der Waals surface area contributed by atoms with Gasteiger partial charge in [-0.2, -0.15) is 13.2 Å². The van der Waals surface area contributed by atoms with Gasteiger partial charge in [0, 0.05) is 11.0 Å². The summed E-state index contributed by atoms with van der Waals surface area (Å²) >= 11 is 0. The number of halogens is 3. The van der Waals surface area contributed by atoms with E-state index in [1.165, 1.54) is 16.7 Å². The number of para-hydroxylation sites is 1. The van der Waals surface area contributed by atoms with Gasteiger partial charge in [0.1, 0.15) is 5.82 Å². The molecule has 0 spiro atoms. The smallest absolute Gasteiger partial charge is 0.290 e. The number of rotatable bonds is 0. The van der Waals surface area contributed by atoms with Crippen molar-refractivity contribution in [2.45, 2.75) is 58.7 Å². The Kier molecular flexibility index (Phi) is 3.86. The van der Waals surface area contributed by atoms with Gasteiger partial charge in [-0.15, -0.1) is 0 Å². The molecule has 0 aliphatic rings. The van der Waals surface area contributed by atoms with Crippen LogP contribution in [0.25, 0.3) is 10.9 Å². The molecule has 0 radical (unpaired) electrons. The highest BCUT2D eigenvalue weighted by Crippen LogP contribution is 2.34. The lowest BCUT2D eigenvalue weighted by Crippen LogP contribution is -2.41. The molecule has 0 saturated carbocycles. The summed E-state index contributed by atoms with van der Waals surface area (Å²) in [7, 11) is 0. The minimum atomic E-state index is -4.55. The third kappa shape index (κ3) is 3.12. The first-order chi connectivity index (χ1) is 10.2. The zero-order chi connectivity index (χ0) is 17.8. The maximum absolute atomic E-state index is 13.3. The van der Waals surface area contributed by atoms with E-state index in [4.69, 9.17) is 0 Å². The summed E-state index contributed by atoms with van der Waals surface area (Å²) < 4.78 is 41.3. The van der Waals surface area contributed by atoms with Crippen LogP contribution in [0.5, 0.6) is 0 Å². The molecule has 2 rings (SSSR count). The van der Waals surface area contributed by atoms with E-state index >= 15 is 0 Å². The molecule has 0 fully saturated rings. The Labute approximate surface area is 133 Å². The standard InChI is InChI=1S/C17H21F3N2O/c1-15(2,3)14-21-12-10(13(23)22(14)16(4,5)6)8-7-9-11(12)17(18,19)20/h7-9H,1-6H3. The number of aromatic nitrogens is 2. The number of hydrogen-bond acceptors (Lipinski definition) is 2. The van der Waals surface area contributed by atoms with Crippen molar-refractivity contribution in [2.75, 3.05) is 0 Å². The Bertz CT molecular complexity index is 806. The first-order valence-electron chi connectivity index (χ1n) is 7.38. The topological polar surface area (TPSA) is 34.9 Å². The molecular formula is C17H21F3N2O. The summed E-state index contributed by atoms with van der Waals surface area (Å²) in [5, 5.41) is -0.0113. The average molecular weight is 326 g/mol. The Morgan fingerprint density at radius 3 is 2.00 bits per heavy atom. The van der Waals surface area contributed by atoms with E-state index in [0.717, 1.165) is 6.07 Å². The van der Waals surface area contributed by atoms with Crippen molar-refractivity contribution in [3.63, 3.8) is 0 Å². The van der Waals surface area contributed by atoms with Gasteiger partial charge < -0.3 is 0 Å². The highest BCUT2D eigenvalue weighted by atomic mass is 19.4. The third-order valence-electron chi connectivity index (χ3n) is 3.55. The van der Waals surface area contributed by atoms with Crippen molar-refractivity contribution in [1.82, 2.24) is 9.55 Å². The van der Waals surface area contributed by atoms with Crippen molar-refractivity contribution in [3.05, 3.63) is 39.9 Å². The van der Waals surface area contributed by atoms with Crippen LogP contribution in [0.4, 0.5) is 13.2 Å². The van der Waals surface area contributed by atoms with E-state index in [0.29, 0.717) is 5.82 Å². The molecule has 2 aromatic rings. The molecule has 0 aliphatic carbocycles. The number of hydrogen-bond donors (Lipinski definition) is 0. The van der Waals surface area contributed by atoms with Crippen LogP contribution in [0.15, 0.2) is 23.0 Å². The largest absolute Gasteiger partial charge is 0.418 e. The molecule has 0 saturated heterocycles. The Morgan fingerprint density at radius 2 is 1.57 bits per heavy atom. The quantitative estimate of drug-likeness (QED) is 0.716.